The highest BCUT2D eigenvalue weighted by Gasteiger charge is 2.20. The minimum absolute atomic E-state index is 0.568. The number of rotatable bonds is 4. The van der Waals surface area contributed by atoms with Crippen molar-refractivity contribution >= 4 is 49.3 Å². The van der Waals surface area contributed by atoms with Crippen LogP contribution in [0.5, 0.6) is 0 Å². The summed E-state index contributed by atoms with van der Waals surface area (Å²) in [7, 11) is 0. The summed E-state index contributed by atoms with van der Waals surface area (Å²) in [6, 6.07) is 55.5. The first-order valence-electron chi connectivity index (χ1n) is 16.3. The minimum Gasteiger partial charge on any atom is -0.318 e. The van der Waals surface area contributed by atoms with E-state index in [2.05, 4.69) is 105 Å². The second kappa shape index (κ2) is 11.4. The van der Waals surface area contributed by atoms with Gasteiger partial charge in [0.1, 0.15) is 0 Å². The minimum atomic E-state index is 0.568. The molecule has 9 aromatic rings. The summed E-state index contributed by atoms with van der Waals surface area (Å²) in [5, 5.41) is 24.1. The molecule has 0 saturated carbocycles. The smallest absolute Gasteiger partial charge is 0.211 e. The van der Waals surface area contributed by atoms with Crippen LogP contribution in [0, 0.1) is 29.2 Å². The van der Waals surface area contributed by atoms with Crippen molar-refractivity contribution in [3.8, 4) is 45.8 Å². The highest BCUT2D eigenvalue weighted by molar-refractivity contribution is 6.14. The summed E-state index contributed by atoms with van der Waals surface area (Å²) in [6.07, 6.45) is 0. The van der Waals surface area contributed by atoms with E-state index in [1.165, 1.54) is 0 Å². The van der Waals surface area contributed by atoms with Gasteiger partial charge in [0.05, 0.1) is 57.6 Å². The quantitative estimate of drug-likeness (QED) is 0.181. The molecule has 50 heavy (non-hydrogen) atoms. The molecule has 0 amide bonds. The largest absolute Gasteiger partial charge is 0.318 e. The lowest BCUT2D eigenvalue weighted by molar-refractivity contribution is 1.18. The molecule has 5 heteroatoms. The number of hydrogen-bond acceptors (Lipinski definition) is 2. The first-order chi connectivity index (χ1) is 24.7. The Morgan fingerprint density at radius 2 is 1.10 bits per heavy atom. The number of benzene rings is 7. The van der Waals surface area contributed by atoms with Crippen LogP contribution in [-0.2, 0) is 0 Å². The van der Waals surface area contributed by atoms with E-state index < -0.39 is 0 Å². The zero-order valence-electron chi connectivity index (χ0n) is 26.7. The Hall–Kier alpha value is -7.39. The molecule has 0 aliphatic rings. The van der Waals surface area contributed by atoms with Crippen LogP contribution in [0.15, 0.2) is 152 Å². The zero-order chi connectivity index (χ0) is 33.8. The third-order valence-corrected chi connectivity index (χ3v) is 9.63. The number of nitrogens with zero attached hydrogens (tertiary/aromatic N) is 5. The fourth-order valence-corrected chi connectivity index (χ4v) is 7.42. The molecular weight excluding hydrogens is 611 g/mol. The van der Waals surface area contributed by atoms with Gasteiger partial charge in [-0.15, -0.1) is 0 Å². The summed E-state index contributed by atoms with van der Waals surface area (Å²) in [4.78, 5) is 3.88. The van der Waals surface area contributed by atoms with Crippen LogP contribution in [0.1, 0.15) is 11.1 Å². The fourth-order valence-electron chi connectivity index (χ4n) is 7.42. The van der Waals surface area contributed by atoms with Gasteiger partial charge in [-0.3, -0.25) is 0 Å². The van der Waals surface area contributed by atoms with Crippen LogP contribution >= 0.6 is 0 Å². The lowest BCUT2D eigenvalue weighted by Gasteiger charge is -2.16. The molecular formula is C45H25N5. The molecule has 0 atom stereocenters. The average Bonchev–Trinajstić information content (AvgIpc) is 3.70. The zero-order valence-corrected chi connectivity index (χ0v) is 26.7. The molecule has 0 spiro atoms. The van der Waals surface area contributed by atoms with Gasteiger partial charge >= 0.3 is 0 Å². The lowest BCUT2D eigenvalue weighted by atomic mass is 9.95. The Morgan fingerprint density at radius 1 is 0.500 bits per heavy atom. The Bertz CT molecular complexity index is 2940. The van der Waals surface area contributed by atoms with Crippen LogP contribution in [0.25, 0.3) is 82.1 Å². The molecule has 0 aliphatic carbocycles. The van der Waals surface area contributed by atoms with E-state index in [-0.39, 0.29) is 0 Å². The second-order valence-electron chi connectivity index (χ2n) is 12.3. The maximum atomic E-state index is 10.3. The maximum absolute atomic E-state index is 10.3. The van der Waals surface area contributed by atoms with Gasteiger partial charge in [0.2, 0.25) is 5.69 Å². The first kappa shape index (κ1) is 28.8. The van der Waals surface area contributed by atoms with Gasteiger partial charge in [-0.25, -0.2) is 4.85 Å². The van der Waals surface area contributed by atoms with Crippen molar-refractivity contribution < 1.29 is 0 Å². The van der Waals surface area contributed by atoms with E-state index in [0.717, 1.165) is 77.2 Å². The van der Waals surface area contributed by atoms with Crippen molar-refractivity contribution in [3.63, 3.8) is 0 Å². The fraction of sp³-hybridized carbons (Fsp3) is 0. The van der Waals surface area contributed by atoms with E-state index in [9.17, 15) is 10.5 Å². The normalized spacial score (nSPS) is 11.1. The molecule has 2 aromatic heterocycles. The monoisotopic (exact) mass is 635 g/mol. The lowest BCUT2D eigenvalue weighted by Crippen LogP contribution is -1.99. The van der Waals surface area contributed by atoms with Gasteiger partial charge in [-0.05, 0) is 76.7 Å². The highest BCUT2D eigenvalue weighted by Crippen LogP contribution is 2.41. The van der Waals surface area contributed by atoms with Crippen molar-refractivity contribution in [2.45, 2.75) is 0 Å². The molecule has 0 aliphatic heterocycles. The first-order valence-corrected chi connectivity index (χ1v) is 16.3. The van der Waals surface area contributed by atoms with Gasteiger partial charge in [0.25, 0.3) is 0 Å². The molecule has 0 unspecified atom stereocenters. The third kappa shape index (κ3) is 4.31. The van der Waals surface area contributed by atoms with Gasteiger partial charge in [0.15, 0.2) is 0 Å². The van der Waals surface area contributed by atoms with E-state index in [1.54, 1.807) is 0 Å². The average molecular weight is 636 g/mol. The molecule has 230 valence electrons. The summed E-state index contributed by atoms with van der Waals surface area (Å²) in [5.41, 5.74) is 11.5. The standard InChI is InChI=1S/C45H25N5/c1-48-39-12-7-11-37-35-9-2-5-14-41(35)50(45(37)39)43-15-6-8-33(28-47)44(43)32-19-17-30(18-20-32)31-21-23-34(24-22-31)49-40-13-4-3-10-36(40)38-26-29(27-46)16-25-42(38)49/h2-26H. The highest BCUT2D eigenvalue weighted by atomic mass is 15.0. The Morgan fingerprint density at radius 3 is 1.80 bits per heavy atom. The predicted molar refractivity (Wildman–Crippen MR) is 202 cm³/mol. The number of fused-ring (bicyclic) bond motifs is 6. The molecule has 0 saturated heterocycles. The van der Waals surface area contributed by atoms with Gasteiger partial charge in [-0.2, -0.15) is 10.5 Å². The predicted octanol–water partition coefficient (Wildman–Crippen LogP) is 11.5. The maximum Gasteiger partial charge on any atom is 0.211 e. The van der Waals surface area contributed by atoms with E-state index >= 15 is 0 Å². The Balaban J connectivity index is 1.14. The molecule has 5 nitrogen and oxygen atoms in total. The number of hydrogen-bond donors (Lipinski definition) is 0. The number of nitriles is 2. The van der Waals surface area contributed by atoms with Crippen molar-refractivity contribution in [3.05, 3.63) is 174 Å². The van der Waals surface area contributed by atoms with Gasteiger partial charge < -0.3 is 9.13 Å². The molecule has 2 heterocycles. The van der Waals surface area contributed by atoms with Crippen molar-refractivity contribution in [2.24, 2.45) is 0 Å². The van der Waals surface area contributed by atoms with E-state index in [0.29, 0.717) is 16.8 Å². The van der Waals surface area contributed by atoms with Crippen molar-refractivity contribution in [1.82, 2.24) is 9.13 Å². The molecule has 7 aromatic carbocycles. The second-order valence-corrected chi connectivity index (χ2v) is 12.3. The SMILES string of the molecule is [C-]#[N+]c1cccc2c3ccccc3n(-c3cccc(C#N)c3-c3ccc(-c4ccc(-n5c6ccccc6c6cc(C#N)ccc65)cc4)cc3)c12. The topological polar surface area (TPSA) is 61.8 Å². The van der Waals surface area contributed by atoms with Crippen LogP contribution in [0.4, 0.5) is 5.69 Å². The molecule has 0 fully saturated rings. The summed E-state index contributed by atoms with van der Waals surface area (Å²) < 4.78 is 4.38. The van der Waals surface area contributed by atoms with Crippen LogP contribution in [-0.4, -0.2) is 9.13 Å². The Labute approximate surface area is 288 Å². The van der Waals surface area contributed by atoms with Crippen LogP contribution in [0.2, 0.25) is 0 Å². The van der Waals surface area contributed by atoms with Crippen LogP contribution in [0.3, 0.4) is 0 Å². The number of para-hydroxylation sites is 3. The third-order valence-electron chi connectivity index (χ3n) is 9.63. The van der Waals surface area contributed by atoms with Crippen molar-refractivity contribution in [1.29, 1.82) is 10.5 Å². The summed E-state index contributed by atoms with van der Waals surface area (Å²) in [6.45, 7) is 7.95. The summed E-state index contributed by atoms with van der Waals surface area (Å²) >= 11 is 0. The van der Waals surface area contributed by atoms with E-state index in [4.69, 9.17) is 6.57 Å². The Kier molecular flexibility index (Phi) is 6.56. The molecule has 9 rings (SSSR count). The molecule has 0 N–H and O–H groups in total. The van der Waals surface area contributed by atoms with Gasteiger partial charge in [-0.1, -0.05) is 97.1 Å². The molecule has 0 bridgehead atoms. The van der Waals surface area contributed by atoms with E-state index in [1.807, 2.05) is 72.8 Å². The summed E-state index contributed by atoms with van der Waals surface area (Å²) in [5.74, 6) is 0. The van der Waals surface area contributed by atoms with Crippen LogP contribution < -0.4 is 0 Å². The number of aromatic nitrogens is 2. The van der Waals surface area contributed by atoms with Crippen molar-refractivity contribution in [2.75, 3.05) is 0 Å². The van der Waals surface area contributed by atoms with Gasteiger partial charge in [0, 0.05) is 27.4 Å². The molecule has 0 radical (unpaired) electrons.